The molecule has 0 unspecified atom stereocenters. The van der Waals surface area contributed by atoms with E-state index in [4.69, 9.17) is 23.2 Å². The fourth-order valence-electron chi connectivity index (χ4n) is 2.85. The van der Waals surface area contributed by atoms with Crippen LogP contribution in [0.3, 0.4) is 0 Å². The molecule has 0 bridgehead atoms. The van der Waals surface area contributed by atoms with Gasteiger partial charge in [-0.3, -0.25) is 0 Å². The van der Waals surface area contributed by atoms with Gasteiger partial charge in [-0.1, -0.05) is 55.8 Å². The third-order valence-corrected chi connectivity index (χ3v) is 4.60. The van der Waals surface area contributed by atoms with Gasteiger partial charge in [-0.25, -0.2) is 4.98 Å². The van der Waals surface area contributed by atoms with Gasteiger partial charge in [0.2, 0.25) is 0 Å². The van der Waals surface area contributed by atoms with Crippen LogP contribution >= 0.6 is 23.2 Å². The van der Waals surface area contributed by atoms with Crippen LogP contribution in [0.15, 0.2) is 6.07 Å². The number of hydrogen-bond donors (Lipinski definition) is 2. The monoisotopic (exact) mass is 329 g/mol. The Balaban J connectivity index is 1.83. The van der Waals surface area contributed by atoms with Crippen molar-refractivity contribution in [1.29, 1.82) is 0 Å². The van der Waals surface area contributed by atoms with E-state index in [1.807, 2.05) is 0 Å². The maximum atomic E-state index is 6.20. The number of halogens is 2. The van der Waals surface area contributed by atoms with E-state index in [0.717, 1.165) is 31.2 Å². The second-order valence-corrected chi connectivity index (χ2v) is 6.61. The molecule has 1 aliphatic carbocycles. The summed E-state index contributed by atoms with van der Waals surface area (Å²) in [6.45, 7) is 3.88. The number of hydrogen-bond acceptors (Lipinski definition) is 3. The smallest absolute Gasteiger partial charge is 0.147 e. The van der Waals surface area contributed by atoms with Crippen LogP contribution in [0.4, 0.5) is 11.6 Å². The van der Waals surface area contributed by atoms with Gasteiger partial charge in [-0.2, -0.15) is 0 Å². The van der Waals surface area contributed by atoms with E-state index in [9.17, 15) is 0 Å². The first-order chi connectivity index (χ1) is 10.2. The van der Waals surface area contributed by atoms with Gasteiger partial charge in [0.05, 0.1) is 10.0 Å². The molecule has 1 heterocycles. The van der Waals surface area contributed by atoms with Gasteiger partial charge in [0, 0.05) is 13.1 Å². The Labute approximate surface area is 137 Å². The fourth-order valence-corrected chi connectivity index (χ4v) is 3.35. The first kappa shape index (κ1) is 16.7. The van der Waals surface area contributed by atoms with Crippen molar-refractivity contribution in [3.05, 3.63) is 16.1 Å². The van der Waals surface area contributed by atoms with Gasteiger partial charge in [-0.15, -0.1) is 0 Å². The second kappa shape index (κ2) is 8.70. The predicted octanol–water partition coefficient (Wildman–Crippen LogP) is 5.59. The first-order valence-corrected chi connectivity index (χ1v) is 8.80. The molecule has 0 amide bonds. The molecule has 2 rings (SSSR count). The predicted molar refractivity (Wildman–Crippen MR) is 92.7 cm³/mol. The van der Waals surface area contributed by atoms with E-state index in [0.29, 0.717) is 15.9 Å². The minimum atomic E-state index is 0.574. The fraction of sp³-hybridized carbons (Fsp3) is 0.688. The third kappa shape index (κ3) is 5.23. The van der Waals surface area contributed by atoms with Crippen molar-refractivity contribution in [1.82, 2.24) is 4.98 Å². The number of aromatic nitrogens is 1. The molecule has 118 valence electrons. The summed E-state index contributed by atoms with van der Waals surface area (Å²) in [6.07, 6.45) is 9.15. The Morgan fingerprint density at radius 1 is 1.10 bits per heavy atom. The van der Waals surface area contributed by atoms with Crippen molar-refractivity contribution in [2.75, 3.05) is 23.7 Å². The zero-order chi connectivity index (χ0) is 15.1. The zero-order valence-corrected chi connectivity index (χ0v) is 14.2. The highest BCUT2D eigenvalue weighted by Gasteiger charge is 2.14. The summed E-state index contributed by atoms with van der Waals surface area (Å²) in [5.41, 5.74) is 0. The average molecular weight is 330 g/mol. The van der Waals surface area contributed by atoms with Crippen molar-refractivity contribution in [3.63, 3.8) is 0 Å². The molecule has 1 aliphatic rings. The molecule has 21 heavy (non-hydrogen) atoms. The van der Waals surface area contributed by atoms with Crippen LogP contribution in [0.25, 0.3) is 0 Å². The molecule has 0 aliphatic heterocycles. The maximum absolute atomic E-state index is 6.20. The zero-order valence-electron chi connectivity index (χ0n) is 12.7. The van der Waals surface area contributed by atoms with Crippen LogP contribution in [0.5, 0.6) is 0 Å². The summed E-state index contributed by atoms with van der Waals surface area (Å²) in [5.74, 6) is 2.37. The van der Waals surface area contributed by atoms with E-state index < -0.39 is 0 Å². The quantitative estimate of drug-likeness (QED) is 0.610. The van der Waals surface area contributed by atoms with Gasteiger partial charge < -0.3 is 10.6 Å². The van der Waals surface area contributed by atoms with Crippen molar-refractivity contribution in [3.8, 4) is 0 Å². The number of rotatable bonds is 8. The Bertz CT molecular complexity index is 445. The van der Waals surface area contributed by atoms with Crippen molar-refractivity contribution in [2.45, 2.75) is 51.9 Å². The molecule has 1 saturated carbocycles. The van der Waals surface area contributed by atoms with Crippen molar-refractivity contribution in [2.24, 2.45) is 5.92 Å². The minimum Gasteiger partial charge on any atom is -0.369 e. The van der Waals surface area contributed by atoms with Gasteiger partial charge in [0.1, 0.15) is 11.6 Å². The van der Waals surface area contributed by atoms with Crippen LogP contribution in [-0.4, -0.2) is 18.1 Å². The van der Waals surface area contributed by atoms with Crippen LogP contribution in [0.2, 0.25) is 10.0 Å². The van der Waals surface area contributed by atoms with Crippen molar-refractivity contribution < 1.29 is 0 Å². The SMILES string of the molecule is CCCNc1nc(NCCCC2CCCC2)c(Cl)cc1Cl. The van der Waals surface area contributed by atoms with Crippen LogP contribution in [-0.2, 0) is 0 Å². The lowest BCUT2D eigenvalue weighted by molar-refractivity contribution is 0.491. The van der Waals surface area contributed by atoms with Crippen molar-refractivity contribution >= 4 is 34.8 Å². The van der Waals surface area contributed by atoms with E-state index in [1.54, 1.807) is 6.07 Å². The summed E-state index contributed by atoms with van der Waals surface area (Å²) in [6, 6.07) is 1.76. The average Bonchev–Trinajstić information content (AvgIpc) is 2.97. The van der Waals surface area contributed by atoms with Gasteiger partial charge in [0.15, 0.2) is 0 Å². The normalized spacial score (nSPS) is 15.4. The van der Waals surface area contributed by atoms with Crippen LogP contribution in [0, 0.1) is 5.92 Å². The molecular weight excluding hydrogens is 305 g/mol. The summed E-state index contributed by atoms with van der Waals surface area (Å²) < 4.78 is 0. The Morgan fingerprint density at radius 3 is 2.33 bits per heavy atom. The Kier molecular flexibility index (Phi) is 6.91. The second-order valence-electron chi connectivity index (χ2n) is 5.80. The van der Waals surface area contributed by atoms with E-state index in [1.165, 1.54) is 38.5 Å². The maximum Gasteiger partial charge on any atom is 0.147 e. The molecule has 1 aromatic heterocycles. The molecule has 5 heteroatoms. The van der Waals surface area contributed by atoms with Gasteiger partial charge in [0.25, 0.3) is 0 Å². The molecule has 0 radical (unpaired) electrons. The topological polar surface area (TPSA) is 37.0 Å². The molecule has 0 spiro atoms. The Hall–Kier alpha value is -0.670. The number of nitrogens with zero attached hydrogens (tertiary/aromatic N) is 1. The summed E-state index contributed by atoms with van der Waals surface area (Å²) in [4.78, 5) is 4.49. The number of pyridine rings is 1. The van der Waals surface area contributed by atoms with E-state index in [-0.39, 0.29) is 0 Å². The molecular formula is C16H25Cl2N3. The molecule has 0 aromatic carbocycles. The van der Waals surface area contributed by atoms with Crippen LogP contribution < -0.4 is 10.6 Å². The summed E-state index contributed by atoms with van der Waals surface area (Å²) in [7, 11) is 0. The summed E-state index contributed by atoms with van der Waals surface area (Å²) in [5, 5.41) is 7.72. The highest BCUT2D eigenvalue weighted by Crippen LogP contribution is 2.30. The molecule has 0 atom stereocenters. The molecule has 3 nitrogen and oxygen atoms in total. The molecule has 1 aromatic rings. The largest absolute Gasteiger partial charge is 0.369 e. The molecule has 1 fully saturated rings. The lowest BCUT2D eigenvalue weighted by Crippen LogP contribution is -2.09. The van der Waals surface area contributed by atoms with Crippen LogP contribution in [0.1, 0.15) is 51.9 Å². The lowest BCUT2D eigenvalue weighted by atomic mass is 10.0. The third-order valence-electron chi connectivity index (χ3n) is 4.03. The minimum absolute atomic E-state index is 0.574. The highest BCUT2D eigenvalue weighted by molar-refractivity contribution is 6.37. The number of nitrogens with one attached hydrogen (secondary N) is 2. The Morgan fingerprint density at radius 2 is 1.71 bits per heavy atom. The van der Waals surface area contributed by atoms with Gasteiger partial charge >= 0.3 is 0 Å². The lowest BCUT2D eigenvalue weighted by Gasteiger charge is -2.13. The van der Waals surface area contributed by atoms with E-state index >= 15 is 0 Å². The first-order valence-electron chi connectivity index (χ1n) is 8.04. The summed E-state index contributed by atoms with van der Waals surface area (Å²) >= 11 is 12.4. The highest BCUT2D eigenvalue weighted by atomic mass is 35.5. The molecule has 0 saturated heterocycles. The standard InChI is InChI=1S/C16H25Cl2N3/c1-2-9-19-15-13(17)11-14(18)16(21-15)20-10-5-8-12-6-3-4-7-12/h11-12H,2-10H2,1H3,(H2,19,20,21). The van der Waals surface area contributed by atoms with Gasteiger partial charge in [-0.05, 0) is 31.2 Å². The van der Waals surface area contributed by atoms with E-state index in [2.05, 4.69) is 22.5 Å². The number of anilines is 2. The molecule has 2 N–H and O–H groups in total.